The van der Waals surface area contributed by atoms with Gasteiger partial charge in [0.05, 0.1) is 0 Å². The van der Waals surface area contributed by atoms with Gasteiger partial charge in [-0.05, 0) is 51.4 Å². The Morgan fingerprint density at radius 1 is 0.241 bits per heavy atom. The predicted octanol–water partition coefficient (Wildman–Crippen LogP) is 26.1. The zero-order valence-electron chi connectivity index (χ0n) is 56.5. The van der Waals surface area contributed by atoms with Crippen molar-refractivity contribution in [3.8, 4) is 0 Å². The van der Waals surface area contributed by atoms with Crippen LogP contribution in [0.25, 0.3) is 0 Å². The van der Waals surface area contributed by atoms with Crippen LogP contribution in [0.3, 0.4) is 0 Å². The Balaban J connectivity index is 4.11. The number of carbonyl (C=O) groups is 3. The fourth-order valence-electron chi connectivity index (χ4n) is 11.8. The summed E-state index contributed by atoms with van der Waals surface area (Å²) in [6, 6.07) is 0. The highest BCUT2D eigenvalue weighted by atomic mass is 16.6. The third-order valence-corrected chi connectivity index (χ3v) is 17.5. The van der Waals surface area contributed by atoms with Crippen molar-refractivity contribution in [3.05, 3.63) is 24.3 Å². The molecule has 0 saturated carbocycles. The minimum Gasteiger partial charge on any atom is -0.462 e. The Morgan fingerprint density at radius 2 is 0.434 bits per heavy atom. The fourth-order valence-corrected chi connectivity index (χ4v) is 11.8. The van der Waals surface area contributed by atoms with Crippen LogP contribution in [0.1, 0.15) is 432 Å². The molecule has 1 unspecified atom stereocenters. The summed E-state index contributed by atoms with van der Waals surface area (Å²) in [5.74, 6) is -0.850. The molecule has 83 heavy (non-hydrogen) atoms. The van der Waals surface area contributed by atoms with Crippen molar-refractivity contribution >= 4 is 17.9 Å². The molecule has 0 spiro atoms. The van der Waals surface area contributed by atoms with Gasteiger partial charge in [-0.2, -0.15) is 0 Å². The van der Waals surface area contributed by atoms with Gasteiger partial charge in [0, 0.05) is 19.3 Å². The molecule has 0 aliphatic heterocycles. The van der Waals surface area contributed by atoms with Crippen molar-refractivity contribution in [3.63, 3.8) is 0 Å². The van der Waals surface area contributed by atoms with Gasteiger partial charge >= 0.3 is 17.9 Å². The summed E-state index contributed by atoms with van der Waals surface area (Å²) in [4.78, 5) is 38.4. The van der Waals surface area contributed by atoms with Crippen LogP contribution in [0, 0.1) is 0 Å². The van der Waals surface area contributed by atoms with E-state index in [0.717, 1.165) is 77.0 Å². The Hall–Kier alpha value is -2.11. The van der Waals surface area contributed by atoms with Gasteiger partial charge in [-0.1, -0.05) is 385 Å². The molecule has 0 rings (SSSR count). The second kappa shape index (κ2) is 72.4. The number of hydrogen-bond donors (Lipinski definition) is 0. The minimum atomic E-state index is -0.774. The Morgan fingerprint density at radius 3 is 0.687 bits per heavy atom. The van der Waals surface area contributed by atoms with Crippen molar-refractivity contribution < 1.29 is 28.6 Å². The largest absolute Gasteiger partial charge is 0.462 e. The molecule has 0 aromatic heterocycles. The maximum absolute atomic E-state index is 12.9. The van der Waals surface area contributed by atoms with E-state index in [1.165, 1.54) is 315 Å². The average molecular weight is 1170 g/mol. The summed E-state index contributed by atoms with van der Waals surface area (Å²) in [5, 5.41) is 0. The van der Waals surface area contributed by atoms with Crippen LogP contribution in [0.15, 0.2) is 24.3 Å². The molecule has 0 amide bonds. The second-order valence-corrected chi connectivity index (χ2v) is 25.9. The molecule has 490 valence electrons. The number of allylic oxidation sites excluding steroid dienone is 4. The molecular formula is C77H146O6. The van der Waals surface area contributed by atoms with Gasteiger partial charge in [0.2, 0.25) is 0 Å². The highest BCUT2D eigenvalue weighted by Crippen LogP contribution is 2.20. The average Bonchev–Trinajstić information content (AvgIpc) is 3.49. The second-order valence-electron chi connectivity index (χ2n) is 25.9. The molecular weight excluding hydrogens is 1020 g/mol. The molecule has 0 radical (unpaired) electrons. The maximum atomic E-state index is 12.9. The van der Waals surface area contributed by atoms with Crippen LogP contribution < -0.4 is 0 Å². The predicted molar refractivity (Wildman–Crippen MR) is 363 cm³/mol. The van der Waals surface area contributed by atoms with E-state index >= 15 is 0 Å². The number of unbranched alkanes of at least 4 members (excludes halogenated alkanes) is 56. The van der Waals surface area contributed by atoms with E-state index in [2.05, 4.69) is 45.1 Å². The van der Waals surface area contributed by atoms with Crippen molar-refractivity contribution in [1.82, 2.24) is 0 Å². The number of esters is 3. The minimum absolute atomic E-state index is 0.0692. The molecule has 0 aromatic carbocycles. The Kier molecular flexibility index (Phi) is 70.5. The molecule has 0 aliphatic rings. The lowest BCUT2D eigenvalue weighted by molar-refractivity contribution is -0.167. The summed E-state index contributed by atoms with van der Waals surface area (Å²) in [6.45, 7) is 6.69. The fraction of sp³-hybridized carbons (Fsp3) is 0.909. The molecule has 0 fully saturated rings. The highest BCUT2D eigenvalue weighted by Gasteiger charge is 2.20. The van der Waals surface area contributed by atoms with Crippen LogP contribution in [0.4, 0.5) is 0 Å². The lowest BCUT2D eigenvalue weighted by atomic mass is 10.0. The molecule has 0 bridgehead atoms. The summed E-state index contributed by atoms with van der Waals surface area (Å²) < 4.78 is 17.0. The lowest BCUT2D eigenvalue weighted by Crippen LogP contribution is -2.30. The van der Waals surface area contributed by atoms with Crippen LogP contribution >= 0.6 is 0 Å². The third-order valence-electron chi connectivity index (χ3n) is 17.5. The van der Waals surface area contributed by atoms with Crippen LogP contribution in [0.5, 0.6) is 0 Å². The van der Waals surface area contributed by atoms with E-state index in [4.69, 9.17) is 14.2 Å². The van der Waals surface area contributed by atoms with E-state index in [-0.39, 0.29) is 31.1 Å². The van der Waals surface area contributed by atoms with Crippen molar-refractivity contribution in [1.29, 1.82) is 0 Å². The smallest absolute Gasteiger partial charge is 0.306 e. The van der Waals surface area contributed by atoms with Gasteiger partial charge < -0.3 is 14.2 Å². The van der Waals surface area contributed by atoms with E-state index in [1.54, 1.807) is 0 Å². The van der Waals surface area contributed by atoms with Crippen molar-refractivity contribution in [2.75, 3.05) is 13.2 Å². The topological polar surface area (TPSA) is 78.9 Å². The standard InChI is InChI=1S/C77H146O6/c1-4-7-10-13-16-19-22-25-28-30-31-32-33-34-35-36-37-38-39-40-41-42-43-44-45-47-49-52-55-58-61-64-67-70-76(79)82-73-74(72-81-75(78)69-66-63-60-57-54-51-48-27-24-21-18-15-12-9-6-3)83-77(80)71-68-65-62-59-56-53-50-46-29-26-23-20-17-14-11-8-5-2/h18,21,27,48,74H,4-17,19-20,22-26,28-47,49-73H2,1-3H3/b21-18-,48-27-. The lowest BCUT2D eigenvalue weighted by Gasteiger charge is -2.18. The monoisotopic (exact) mass is 1170 g/mol. The van der Waals surface area contributed by atoms with Gasteiger partial charge in [0.1, 0.15) is 13.2 Å². The molecule has 6 nitrogen and oxygen atoms in total. The molecule has 0 N–H and O–H groups in total. The molecule has 1 atom stereocenters. The maximum Gasteiger partial charge on any atom is 0.306 e. The van der Waals surface area contributed by atoms with Crippen molar-refractivity contribution in [2.45, 2.75) is 438 Å². The first-order valence-corrected chi connectivity index (χ1v) is 37.8. The number of rotatable bonds is 71. The first-order valence-electron chi connectivity index (χ1n) is 37.8. The summed E-state index contributed by atoms with van der Waals surface area (Å²) in [7, 11) is 0. The molecule has 6 heteroatoms. The van der Waals surface area contributed by atoms with E-state index in [9.17, 15) is 14.4 Å². The van der Waals surface area contributed by atoms with Gasteiger partial charge in [0.15, 0.2) is 6.10 Å². The summed E-state index contributed by atoms with van der Waals surface area (Å²) >= 11 is 0. The Bertz CT molecular complexity index is 1340. The van der Waals surface area contributed by atoms with Crippen molar-refractivity contribution in [2.24, 2.45) is 0 Å². The zero-order chi connectivity index (χ0) is 59.9. The number of ether oxygens (including phenoxy) is 3. The highest BCUT2D eigenvalue weighted by molar-refractivity contribution is 5.71. The molecule has 0 aromatic rings. The number of carbonyl (C=O) groups excluding carboxylic acids is 3. The first kappa shape index (κ1) is 80.9. The SMILES string of the molecule is CCCCC/C=C\C/C=C\CCCCCCCC(=O)OCC(COC(=O)CCCCCCCCCCCCCCCCCCCCCCCCCCCCCCCCCCC)OC(=O)CCCCCCCCCCCCCCCCCCC. The van der Waals surface area contributed by atoms with E-state index in [0.29, 0.717) is 19.3 Å². The van der Waals surface area contributed by atoms with Crippen LogP contribution in [0.2, 0.25) is 0 Å². The van der Waals surface area contributed by atoms with Crippen LogP contribution in [-0.4, -0.2) is 37.2 Å². The Labute approximate surface area is 519 Å². The van der Waals surface area contributed by atoms with Gasteiger partial charge in [-0.25, -0.2) is 0 Å². The first-order chi connectivity index (χ1) is 41.0. The zero-order valence-corrected chi connectivity index (χ0v) is 56.5. The van der Waals surface area contributed by atoms with Gasteiger partial charge in [0.25, 0.3) is 0 Å². The van der Waals surface area contributed by atoms with Crippen LogP contribution in [-0.2, 0) is 28.6 Å². The van der Waals surface area contributed by atoms with Gasteiger partial charge in [-0.15, -0.1) is 0 Å². The molecule has 0 saturated heterocycles. The molecule has 0 heterocycles. The quantitative estimate of drug-likeness (QED) is 0.0261. The normalized spacial score (nSPS) is 12.1. The van der Waals surface area contributed by atoms with E-state index in [1.807, 2.05) is 0 Å². The van der Waals surface area contributed by atoms with E-state index < -0.39 is 6.10 Å². The molecule has 0 aliphatic carbocycles. The summed E-state index contributed by atoms with van der Waals surface area (Å²) in [6.07, 6.45) is 89.5. The third kappa shape index (κ3) is 70.5. The van der Waals surface area contributed by atoms with Gasteiger partial charge in [-0.3, -0.25) is 14.4 Å². The number of hydrogen-bond acceptors (Lipinski definition) is 6. The summed E-state index contributed by atoms with van der Waals surface area (Å²) in [5.41, 5.74) is 0.